The lowest BCUT2D eigenvalue weighted by Gasteiger charge is -1.98. The largest absolute Gasteiger partial charge is 0.324 e. The van der Waals surface area contributed by atoms with Crippen LogP contribution in [0.15, 0.2) is 48.5 Å². The summed E-state index contributed by atoms with van der Waals surface area (Å²) in [5.74, 6) is 5.32. The van der Waals surface area contributed by atoms with Crippen LogP contribution in [0.1, 0.15) is 5.56 Å². The van der Waals surface area contributed by atoms with Crippen molar-refractivity contribution in [1.82, 2.24) is 15.0 Å². The van der Waals surface area contributed by atoms with Crippen LogP contribution >= 0.6 is 0 Å². The highest BCUT2D eigenvalue weighted by molar-refractivity contribution is 5.74. The summed E-state index contributed by atoms with van der Waals surface area (Å²) < 4.78 is 0. The topological polar surface area (TPSA) is 68.8 Å². The Kier molecular flexibility index (Phi) is 2.96. The van der Waals surface area contributed by atoms with Crippen LogP contribution in [0.3, 0.4) is 0 Å². The molecule has 1 heterocycles. The van der Waals surface area contributed by atoms with E-state index in [9.17, 15) is 0 Å². The number of hydrogen-bond acceptors (Lipinski definition) is 4. The monoisotopic (exact) mass is 251 g/mol. The molecule has 1 aromatic heterocycles. The maximum absolute atomic E-state index is 5.32. The second-order valence-corrected chi connectivity index (χ2v) is 4.09. The number of fused-ring (bicyclic) bond motifs is 1. The summed E-state index contributed by atoms with van der Waals surface area (Å²) in [5, 5.41) is 8.70. The molecule has 2 aromatic carbocycles. The summed E-state index contributed by atoms with van der Waals surface area (Å²) in [5.41, 5.74) is 6.29. The Labute approximate surface area is 110 Å². The number of nitrogens with two attached hydrogens (primary N) is 1. The fraction of sp³-hybridized carbons (Fsp3) is 0. The zero-order valence-electron chi connectivity index (χ0n) is 10.2. The summed E-state index contributed by atoms with van der Waals surface area (Å²) in [4.78, 5) is 1.57. The highest BCUT2D eigenvalue weighted by Crippen LogP contribution is 2.11. The number of nitrogens with one attached hydrogen (secondary N) is 1. The molecule has 0 amide bonds. The molecule has 94 valence electrons. The van der Waals surface area contributed by atoms with E-state index in [-0.39, 0.29) is 0 Å². The number of hydrazine groups is 1. The van der Waals surface area contributed by atoms with Crippen LogP contribution in [0.2, 0.25) is 0 Å². The first-order valence-electron chi connectivity index (χ1n) is 5.91. The molecule has 3 N–H and O–H groups in total. The molecule has 5 nitrogen and oxygen atoms in total. The molecule has 3 rings (SSSR count). The van der Waals surface area contributed by atoms with Crippen molar-refractivity contribution in [3.05, 3.63) is 54.1 Å². The molecular formula is C14H13N5. The predicted octanol–water partition coefficient (Wildman–Crippen LogP) is 2.34. The molecule has 0 saturated carbocycles. The highest BCUT2D eigenvalue weighted by atomic mass is 15.5. The Morgan fingerprint density at radius 3 is 2.16 bits per heavy atom. The van der Waals surface area contributed by atoms with Gasteiger partial charge in [0.2, 0.25) is 0 Å². The van der Waals surface area contributed by atoms with Gasteiger partial charge in [-0.25, -0.2) is 0 Å². The third-order valence-electron chi connectivity index (χ3n) is 2.78. The molecule has 0 aliphatic carbocycles. The first-order chi connectivity index (χ1) is 9.35. The van der Waals surface area contributed by atoms with Gasteiger partial charge in [-0.05, 0) is 35.9 Å². The molecule has 0 unspecified atom stereocenters. The molecule has 0 bridgehead atoms. The van der Waals surface area contributed by atoms with E-state index < -0.39 is 0 Å². The summed E-state index contributed by atoms with van der Waals surface area (Å²) in [6.07, 6.45) is 3.77. The Bertz CT molecular complexity index is 679. The highest BCUT2D eigenvalue weighted by Gasteiger charge is 1.97. The molecule has 3 aromatic rings. The maximum Gasteiger partial charge on any atom is 0.113 e. The molecule has 0 spiro atoms. The minimum atomic E-state index is 0.875. The molecule has 0 atom stereocenters. The average Bonchev–Trinajstić information content (AvgIpc) is 2.88. The maximum atomic E-state index is 5.32. The van der Waals surface area contributed by atoms with E-state index in [1.807, 2.05) is 60.8 Å². The zero-order valence-corrected chi connectivity index (χ0v) is 10.2. The SMILES string of the molecule is NNc1ccc(C=Cn2nc3ccccc3n2)cc1. The second kappa shape index (κ2) is 4.91. The second-order valence-electron chi connectivity index (χ2n) is 4.09. The minimum Gasteiger partial charge on any atom is -0.324 e. The van der Waals surface area contributed by atoms with E-state index in [4.69, 9.17) is 5.84 Å². The van der Waals surface area contributed by atoms with Crippen molar-refractivity contribution < 1.29 is 0 Å². The van der Waals surface area contributed by atoms with E-state index in [2.05, 4.69) is 15.6 Å². The molecule has 0 fully saturated rings. The van der Waals surface area contributed by atoms with Gasteiger partial charge in [0, 0.05) is 5.69 Å². The van der Waals surface area contributed by atoms with Crippen molar-refractivity contribution in [3.8, 4) is 0 Å². The van der Waals surface area contributed by atoms with Gasteiger partial charge in [-0.1, -0.05) is 24.3 Å². The van der Waals surface area contributed by atoms with Crippen LogP contribution < -0.4 is 11.3 Å². The zero-order chi connectivity index (χ0) is 13.1. The standard InChI is InChI=1S/C14H13N5/c15-16-12-7-5-11(6-8-12)9-10-19-17-13-3-1-2-4-14(13)18-19/h1-10,16H,15H2. The lowest BCUT2D eigenvalue weighted by Crippen LogP contribution is -2.05. The summed E-state index contributed by atoms with van der Waals surface area (Å²) in [7, 11) is 0. The number of aromatic nitrogens is 3. The molecular weight excluding hydrogens is 238 g/mol. The van der Waals surface area contributed by atoms with Crippen molar-refractivity contribution in [2.45, 2.75) is 0 Å². The number of hydrogen-bond donors (Lipinski definition) is 2. The number of benzene rings is 2. The fourth-order valence-electron chi connectivity index (χ4n) is 1.79. The van der Waals surface area contributed by atoms with Crippen molar-refractivity contribution in [1.29, 1.82) is 0 Å². The molecule has 0 saturated heterocycles. The Morgan fingerprint density at radius 1 is 0.947 bits per heavy atom. The lowest BCUT2D eigenvalue weighted by atomic mass is 10.2. The number of anilines is 1. The Balaban J connectivity index is 1.84. The van der Waals surface area contributed by atoms with Crippen LogP contribution in [0, 0.1) is 0 Å². The van der Waals surface area contributed by atoms with Crippen LogP contribution in [-0.2, 0) is 0 Å². The molecule has 0 aliphatic heterocycles. The molecule has 0 radical (unpaired) electrons. The van der Waals surface area contributed by atoms with Gasteiger partial charge in [0.1, 0.15) is 11.0 Å². The summed E-state index contributed by atoms with van der Waals surface area (Å²) >= 11 is 0. The first-order valence-corrected chi connectivity index (χ1v) is 5.91. The van der Waals surface area contributed by atoms with Crippen LogP contribution in [-0.4, -0.2) is 15.0 Å². The first kappa shape index (κ1) is 11.4. The van der Waals surface area contributed by atoms with Gasteiger partial charge in [0.15, 0.2) is 0 Å². The summed E-state index contributed by atoms with van der Waals surface area (Å²) in [6.45, 7) is 0. The van der Waals surface area contributed by atoms with Gasteiger partial charge in [-0.15, -0.1) is 10.2 Å². The fourth-order valence-corrected chi connectivity index (χ4v) is 1.79. The number of nitrogen functional groups attached to an aromatic ring is 1. The molecule has 5 heteroatoms. The third kappa shape index (κ3) is 2.46. The van der Waals surface area contributed by atoms with Crippen molar-refractivity contribution in [3.63, 3.8) is 0 Å². The Morgan fingerprint density at radius 2 is 1.58 bits per heavy atom. The van der Waals surface area contributed by atoms with Crippen LogP contribution in [0.5, 0.6) is 0 Å². The van der Waals surface area contributed by atoms with E-state index in [1.54, 1.807) is 4.80 Å². The quantitative estimate of drug-likeness (QED) is 0.554. The van der Waals surface area contributed by atoms with Crippen molar-refractivity contribution >= 4 is 29.0 Å². The number of rotatable bonds is 3. The molecule has 19 heavy (non-hydrogen) atoms. The van der Waals surface area contributed by atoms with E-state index in [0.717, 1.165) is 22.3 Å². The minimum absolute atomic E-state index is 0.875. The van der Waals surface area contributed by atoms with Gasteiger partial charge in [0.25, 0.3) is 0 Å². The molecule has 0 aliphatic rings. The van der Waals surface area contributed by atoms with Gasteiger partial charge in [-0.3, -0.25) is 5.84 Å². The predicted molar refractivity (Wildman–Crippen MR) is 77.0 cm³/mol. The Hall–Kier alpha value is -2.66. The van der Waals surface area contributed by atoms with Gasteiger partial charge in [-0.2, -0.15) is 4.80 Å². The average molecular weight is 251 g/mol. The normalized spacial score (nSPS) is 11.2. The van der Waals surface area contributed by atoms with Crippen molar-refractivity contribution in [2.24, 2.45) is 5.84 Å². The van der Waals surface area contributed by atoms with Crippen LogP contribution in [0.25, 0.3) is 23.3 Å². The van der Waals surface area contributed by atoms with Crippen molar-refractivity contribution in [2.75, 3.05) is 5.43 Å². The summed E-state index contributed by atoms with van der Waals surface area (Å²) in [6, 6.07) is 15.5. The van der Waals surface area contributed by atoms with E-state index in [1.165, 1.54) is 0 Å². The number of nitrogens with zero attached hydrogens (tertiary/aromatic N) is 3. The van der Waals surface area contributed by atoms with Gasteiger partial charge < -0.3 is 5.43 Å². The van der Waals surface area contributed by atoms with Gasteiger partial charge in [0.05, 0.1) is 6.20 Å². The van der Waals surface area contributed by atoms with Gasteiger partial charge >= 0.3 is 0 Å². The van der Waals surface area contributed by atoms with Crippen LogP contribution in [0.4, 0.5) is 5.69 Å². The lowest BCUT2D eigenvalue weighted by molar-refractivity contribution is 0.814. The van der Waals surface area contributed by atoms with E-state index in [0.29, 0.717) is 0 Å². The smallest absolute Gasteiger partial charge is 0.113 e. The van der Waals surface area contributed by atoms with E-state index >= 15 is 0 Å². The third-order valence-corrected chi connectivity index (χ3v) is 2.78.